The number of urea groups is 1. The smallest absolute Gasteiger partial charge is 0.337 e. The minimum atomic E-state index is -1.04. The van der Waals surface area contributed by atoms with Crippen molar-refractivity contribution in [2.75, 3.05) is 11.9 Å². The molecule has 2 amide bonds. The molecule has 3 N–H and O–H groups in total. The maximum absolute atomic E-state index is 11.7. The predicted octanol–water partition coefficient (Wildman–Crippen LogP) is 2.61. The number of aromatic carboxylic acids is 1. The Hall–Kier alpha value is -2.04. The van der Waals surface area contributed by atoms with E-state index in [2.05, 4.69) is 10.6 Å². The first kappa shape index (κ1) is 13.4. The first-order valence-corrected chi connectivity index (χ1v) is 6.45. The zero-order valence-corrected chi connectivity index (χ0v) is 10.9. The highest BCUT2D eigenvalue weighted by molar-refractivity contribution is 6.00. The number of benzene rings is 1. The molecule has 0 atom stereocenters. The van der Waals surface area contributed by atoms with E-state index >= 15 is 0 Å². The lowest BCUT2D eigenvalue weighted by Crippen LogP contribution is -2.35. The normalized spacial score (nSPS) is 14.6. The number of rotatable bonds is 4. The molecule has 0 bridgehead atoms. The largest absolute Gasteiger partial charge is 0.478 e. The van der Waals surface area contributed by atoms with Gasteiger partial charge in [-0.1, -0.05) is 18.1 Å². The lowest BCUT2D eigenvalue weighted by Gasteiger charge is -2.25. The number of carbonyl (C=O) groups is 2. The number of carboxylic acid groups (broad SMARTS) is 1. The van der Waals surface area contributed by atoms with E-state index < -0.39 is 5.97 Å². The zero-order chi connectivity index (χ0) is 13.8. The van der Waals surface area contributed by atoms with Gasteiger partial charge in [0.15, 0.2) is 0 Å². The van der Waals surface area contributed by atoms with Crippen LogP contribution in [-0.4, -0.2) is 23.7 Å². The molecule has 102 valence electrons. The van der Waals surface area contributed by atoms with Gasteiger partial charge in [-0.3, -0.25) is 0 Å². The van der Waals surface area contributed by atoms with Gasteiger partial charge in [-0.2, -0.15) is 0 Å². The SMILES string of the molecule is Cc1ccc(NC(=O)NCC2CCC2)c(C(=O)O)c1. The monoisotopic (exact) mass is 262 g/mol. The van der Waals surface area contributed by atoms with E-state index in [1.807, 2.05) is 6.92 Å². The Bertz CT molecular complexity index is 495. The second-order valence-electron chi connectivity index (χ2n) is 4.99. The molecule has 0 heterocycles. The van der Waals surface area contributed by atoms with Crippen LogP contribution in [0.4, 0.5) is 10.5 Å². The summed E-state index contributed by atoms with van der Waals surface area (Å²) in [5.41, 5.74) is 1.28. The summed E-state index contributed by atoms with van der Waals surface area (Å²) in [7, 11) is 0. The molecule has 19 heavy (non-hydrogen) atoms. The maximum Gasteiger partial charge on any atom is 0.337 e. The highest BCUT2D eigenvalue weighted by Gasteiger charge is 2.18. The van der Waals surface area contributed by atoms with E-state index in [9.17, 15) is 9.59 Å². The fraction of sp³-hybridized carbons (Fsp3) is 0.429. The molecule has 1 saturated carbocycles. The summed E-state index contributed by atoms with van der Waals surface area (Å²) in [5.74, 6) is -0.472. The average molecular weight is 262 g/mol. The lowest BCUT2D eigenvalue weighted by molar-refractivity contribution is 0.0698. The number of amides is 2. The number of anilines is 1. The van der Waals surface area contributed by atoms with Crippen molar-refractivity contribution in [1.29, 1.82) is 0 Å². The molecule has 0 radical (unpaired) electrons. The Morgan fingerprint density at radius 2 is 2.11 bits per heavy atom. The van der Waals surface area contributed by atoms with Crippen LogP contribution in [0.1, 0.15) is 35.2 Å². The topological polar surface area (TPSA) is 78.4 Å². The summed E-state index contributed by atoms with van der Waals surface area (Å²) < 4.78 is 0. The minimum absolute atomic E-state index is 0.110. The molecular formula is C14H18N2O3. The second kappa shape index (κ2) is 5.73. The van der Waals surface area contributed by atoms with Crippen molar-refractivity contribution >= 4 is 17.7 Å². The summed E-state index contributed by atoms with van der Waals surface area (Å²) in [4.78, 5) is 22.8. The van der Waals surface area contributed by atoms with Crippen LogP contribution in [0.3, 0.4) is 0 Å². The van der Waals surface area contributed by atoms with Crippen molar-refractivity contribution in [3.05, 3.63) is 29.3 Å². The molecule has 2 rings (SSSR count). The van der Waals surface area contributed by atoms with Crippen LogP contribution in [0.15, 0.2) is 18.2 Å². The molecule has 0 aliphatic heterocycles. The second-order valence-corrected chi connectivity index (χ2v) is 4.99. The molecule has 1 aromatic carbocycles. The number of hydrogen-bond donors (Lipinski definition) is 3. The first-order chi connectivity index (χ1) is 9.06. The van der Waals surface area contributed by atoms with Crippen molar-refractivity contribution in [1.82, 2.24) is 5.32 Å². The van der Waals surface area contributed by atoms with Crippen LogP contribution < -0.4 is 10.6 Å². The van der Waals surface area contributed by atoms with Crippen molar-refractivity contribution in [3.8, 4) is 0 Å². The van der Waals surface area contributed by atoms with Gasteiger partial charge in [0.25, 0.3) is 0 Å². The zero-order valence-electron chi connectivity index (χ0n) is 10.9. The van der Waals surface area contributed by atoms with E-state index in [1.54, 1.807) is 18.2 Å². The van der Waals surface area contributed by atoms with Crippen LogP contribution in [0.2, 0.25) is 0 Å². The lowest BCUT2D eigenvalue weighted by atomic mass is 9.85. The van der Waals surface area contributed by atoms with Crippen LogP contribution >= 0.6 is 0 Å². The summed E-state index contributed by atoms with van der Waals surface area (Å²) in [6.45, 7) is 2.47. The van der Waals surface area contributed by atoms with Gasteiger partial charge < -0.3 is 15.7 Å². The Kier molecular flexibility index (Phi) is 4.04. The average Bonchev–Trinajstić information content (AvgIpc) is 2.29. The van der Waals surface area contributed by atoms with Crippen molar-refractivity contribution in [3.63, 3.8) is 0 Å². The molecule has 0 aromatic heterocycles. The summed E-state index contributed by atoms with van der Waals surface area (Å²) in [6, 6.07) is 4.58. The van der Waals surface area contributed by atoms with Crippen molar-refractivity contribution in [2.45, 2.75) is 26.2 Å². The van der Waals surface area contributed by atoms with Crippen molar-refractivity contribution < 1.29 is 14.7 Å². The van der Waals surface area contributed by atoms with Crippen molar-refractivity contribution in [2.24, 2.45) is 5.92 Å². The van der Waals surface area contributed by atoms with Gasteiger partial charge in [-0.05, 0) is 37.8 Å². The van der Waals surface area contributed by atoms with Crippen LogP contribution in [0.25, 0.3) is 0 Å². The predicted molar refractivity (Wildman–Crippen MR) is 72.5 cm³/mol. The molecule has 0 spiro atoms. The summed E-state index contributed by atoms with van der Waals surface area (Å²) in [5, 5.41) is 14.5. The molecule has 1 fully saturated rings. The maximum atomic E-state index is 11.7. The van der Waals surface area contributed by atoms with Gasteiger partial charge in [0.2, 0.25) is 0 Å². The van der Waals surface area contributed by atoms with E-state index in [4.69, 9.17) is 5.11 Å². The molecule has 1 aliphatic carbocycles. The van der Waals surface area contributed by atoms with Gasteiger partial charge in [0, 0.05) is 6.54 Å². The van der Waals surface area contributed by atoms with Crippen LogP contribution in [0.5, 0.6) is 0 Å². The third-order valence-electron chi connectivity index (χ3n) is 3.43. The van der Waals surface area contributed by atoms with Gasteiger partial charge in [0.05, 0.1) is 11.3 Å². The fourth-order valence-corrected chi connectivity index (χ4v) is 2.04. The molecule has 0 saturated heterocycles. The molecule has 0 unspecified atom stereocenters. The quantitative estimate of drug-likeness (QED) is 0.780. The Labute approximate surface area is 112 Å². The number of aryl methyl sites for hydroxylation is 1. The van der Waals surface area contributed by atoms with E-state index in [1.165, 1.54) is 6.42 Å². The van der Waals surface area contributed by atoms with Gasteiger partial charge in [-0.25, -0.2) is 9.59 Å². The molecule has 1 aliphatic rings. The fourth-order valence-electron chi connectivity index (χ4n) is 2.04. The van der Waals surface area contributed by atoms with Gasteiger partial charge in [-0.15, -0.1) is 0 Å². The van der Waals surface area contributed by atoms with Crippen LogP contribution in [0, 0.1) is 12.8 Å². The standard InChI is InChI=1S/C14H18N2O3/c1-9-5-6-12(11(7-9)13(17)18)16-14(19)15-8-10-3-2-4-10/h5-7,10H,2-4,8H2,1H3,(H,17,18)(H2,15,16,19). The Morgan fingerprint density at radius 3 is 2.68 bits per heavy atom. The number of carboxylic acids is 1. The van der Waals surface area contributed by atoms with E-state index in [0.717, 1.165) is 18.4 Å². The first-order valence-electron chi connectivity index (χ1n) is 6.45. The minimum Gasteiger partial charge on any atom is -0.478 e. The molecular weight excluding hydrogens is 244 g/mol. The Balaban J connectivity index is 1.97. The summed E-state index contributed by atoms with van der Waals surface area (Å²) >= 11 is 0. The Morgan fingerprint density at radius 1 is 1.37 bits per heavy atom. The highest BCUT2D eigenvalue weighted by atomic mass is 16.4. The molecule has 5 nitrogen and oxygen atoms in total. The van der Waals surface area contributed by atoms with E-state index in [0.29, 0.717) is 18.2 Å². The third-order valence-corrected chi connectivity index (χ3v) is 3.43. The number of nitrogens with one attached hydrogen (secondary N) is 2. The molecule has 1 aromatic rings. The van der Waals surface area contributed by atoms with Crippen LogP contribution in [-0.2, 0) is 0 Å². The van der Waals surface area contributed by atoms with Gasteiger partial charge in [0.1, 0.15) is 0 Å². The number of hydrogen-bond acceptors (Lipinski definition) is 2. The highest BCUT2D eigenvalue weighted by Crippen LogP contribution is 2.25. The van der Waals surface area contributed by atoms with E-state index in [-0.39, 0.29) is 11.6 Å². The summed E-state index contributed by atoms with van der Waals surface area (Å²) in [6.07, 6.45) is 3.55. The molecule has 5 heteroatoms. The van der Waals surface area contributed by atoms with Gasteiger partial charge >= 0.3 is 12.0 Å². The number of carbonyl (C=O) groups excluding carboxylic acids is 1. The third kappa shape index (κ3) is 3.47.